The van der Waals surface area contributed by atoms with Gasteiger partial charge in [0.2, 0.25) is 0 Å². The molecule has 4 rings (SSSR count). The predicted octanol–water partition coefficient (Wildman–Crippen LogP) is 2.98. The summed E-state index contributed by atoms with van der Waals surface area (Å²) in [7, 11) is 1.61. The molecule has 6 nitrogen and oxygen atoms in total. The third-order valence-electron chi connectivity index (χ3n) is 6.14. The number of hydrogen-bond donors (Lipinski definition) is 1. The van der Waals surface area contributed by atoms with Crippen molar-refractivity contribution in [3.63, 3.8) is 0 Å². The maximum atomic E-state index is 13.2. The van der Waals surface area contributed by atoms with Crippen LogP contribution >= 0.6 is 0 Å². The number of benzene rings is 1. The van der Waals surface area contributed by atoms with E-state index < -0.39 is 17.8 Å². The first kappa shape index (κ1) is 20.7. The Morgan fingerprint density at radius 1 is 1.03 bits per heavy atom. The summed E-state index contributed by atoms with van der Waals surface area (Å²) < 4.78 is 38.7. The van der Waals surface area contributed by atoms with E-state index in [1.807, 2.05) is 0 Å². The fraction of sp³-hybridized carbons (Fsp3) is 0.524. The van der Waals surface area contributed by atoms with Gasteiger partial charge in [-0.1, -0.05) is 18.6 Å². The molecule has 1 unspecified atom stereocenters. The normalized spacial score (nSPS) is 23.1. The lowest BCUT2D eigenvalue weighted by Crippen LogP contribution is -2.45. The Kier molecular flexibility index (Phi) is 5.48. The quantitative estimate of drug-likeness (QED) is 0.812. The summed E-state index contributed by atoms with van der Waals surface area (Å²) in [4.78, 5) is 31.1. The third kappa shape index (κ3) is 3.90. The largest absolute Gasteiger partial charge is 0.416 e. The molecule has 9 heteroatoms. The van der Waals surface area contributed by atoms with Gasteiger partial charge in [0.25, 0.3) is 5.91 Å². The average molecular weight is 422 g/mol. The van der Waals surface area contributed by atoms with Crippen molar-refractivity contribution in [2.75, 3.05) is 39.8 Å². The van der Waals surface area contributed by atoms with Crippen LogP contribution < -0.4 is 5.32 Å². The minimum atomic E-state index is -4.44. The number of likely N-dealkylation sites (N-methyl/N-ethyl adjacent to an activating group) is 1. The molecule has 3 aliphatic heterocycles. The van der Waals surface area contributed by atoms with Crippen LogP contribution in [0.5, 0.6) is 0 Å². The monoisotopic (exact) mass is 422 g/mol. The summed E-state index contributed by atoms with van der Waals surface area (Å²) in [5.74, 6) is -0.168. The number of rotatable bonds is 4. The van der Waals surface area contributed by atoms with E-state index >= 15 is 0 Å². The van der Waals surface area contributed by atoms with E-state index in [0.29, 0.717) is 29.9 Å². The predicted molar refractivity (Wildman–Crippen MR) is 104 cm³/mol. The number of halogens is 3. The number of hydrogen-bond acceptors (Lipinski definition) is 3. The van der Waals surface area contributed by atoms with Crippen molar-refractivity contribution < 1.29 is 22.8 Å². The van der Waals surface area contributed by atoms with E-state index in [1.165, 1.54) is 36.3 Å². The molecule has 1 N–H and O–H groups in total. The fourth-order valence-electron chi connectivity index (χ4n) is 4.36. The summed E-state index contributed by atoms with van der Waals surface area (Å²) in [6.45, 7) is 3.74. The Morgan fingerprint density at radius 2 is 1.70 bits per heavy atom. The van der Waals surface area contributed by atoms with Crippen LogP contribution in [0, 0.1) is 0 Å². The molecular formula is C21H25F3N4O2. The first-order valence-electron chi connectivity index (χ1n) is 10.2. The maximum absolute atomic E-state index is 13.2. The van der Waals surface area contributed by atoms with Gasteiger partial charge in [0, 0.05) is 20.1 Å². The number of likely N-dealkylation sites (tertiary alicyclic amines) is 1. The topological polar surface area (TPSA) is 55.9 Å². The molecule has 0 bridgehead atoms. The standard InChI is InChI=1S/C21H25F3N4O2/c1-26-16-13-28(12-11-27-9-3-2-4-10-27)19(29)17(16)18(25-20(26)30)14-5-7-15(8-6-14)21(22,23)24/h5-8,18H,2-4,9-13H2,1H3,(H,25,30). The van der Waals surface area contributed by atoms with Gasteiger partial charge in [-0.2, -0.15) is 13.2 Å². The van der Waals surface area contributed by atoms with E-state index in [-0.39, 0.29) is 11.9 Å². The van der Waals surface area contributed by atoms with Crippen molar-refractivity contribution in [3.05, 3.63) is 46.7 Å². The van der Waals surface area contributed by atoms with Crippen LogP contribution in [-0.4, -0.2) is 66.4 Å². The molecule has 3 heterocycles. The number of alkyl halides is 3. The zero-order chi connectivity index (χ0) is 21.5. The second-order valence-corrected chi connectivity index (χ2v) is 8.05. The van der Waals surface area contributed by atoms with Crippen LogP contribution in [0.2, 0.25) is 0 Å². The molecule has 1 fully saturated rings. The Labute approximate surface area is 173 Å². The minimum Gasteiger partial charge on any atom is -0.332 e. The van der Waals surface area contributed by atoms with Gasteiger partial charge in [-0.3, -0.25) is 9.69 Å². The highest BCUT2D eigenvalue weighted by Gasteiger charge is 2.43. The fourth-order valence-corrected chi connectivity index (χ4v) is 4.36. The minimum absolute atomic E-state index is 0.168. The Morgan fingerprint density at radius 3 is 2.33 bits per heavy atom. The molecular weight excluding hydrogens is 397 g/mol. The van der Waals surface area contributed by atoms with Crippen molar-refractivity contribution in [3.8, 4) is 0 Å². The van der Waals surface area contributed by atoms with Gasteiger partial charge in [-0.15, -0.1) is 0 Å². The van der Waals surface area contributed by atoms with Gasteiger partial charge < -0.3 is 15.1 Å². The van der Waals surface area contributed by atoms with E-state index in [9.17, 15) is 22.8 Å². The van der Waals surface area contributed by atoms with E-state index in [1.54, 1.807) is 11.9 Å². The Hall–Kier alpha value is -2.55. The van der Waals surface area contributed by atoms with Gasteiger partial charge in [0.05, 0.1) is 29.4 Å². The second-order valence-electron chi connectivity index (χ2n) is 8.05. The summed E-state index contributed by atoms with van der Waals surface area (Å²) in [5, 5.41) is 2.76. The van der Waals surface area contributed by atoms with Crippen molar-refractivity contribution in [2.24, 2.45) is 0 Å². The first-order valence-corrected chi connectivity index (χ1v) is 10.2. The van der Waals surface area contributed by atoms with Gasteiger partial charge >= 0.3 is 12.2 Å². The number of nitrogens with one attached hydrogen (secondary N) is 1. The van der Waals surface area contributed by atoms with Crippen LogP contribution in [-0.2, 0) is 11.0 Å². The number of amides is 3. The lowest BCUT2D eigenvalue weighted by atomic mass is 9.95. The van der Waals surface area contributed by atoms with Crippen LogP contribution in [0.25, 0.3) is 0 Å². The maximum Gasteiger partial charge on any atom is 0.416 e. The molecule has 1 atom stereocenters. The van der Waals surface area contributed by atoms with Gasteiger partial charge in [-0.05, 0) is 43.6 Å². The van der Waals surface area contributed by atoms with Crippen molar-refractivity contribution in [1.29, 1.82) is 0 Å². The summed E-state index contributed by atoms with van der Waals surface area (Å²) in [5.41, 5.74) is 0.756. The smallest absolute Gasteiger partial charge is 0.332 e. The van der Waals surface area contributed by atoms with Gasteiger partial charge in [0.15, 0.2) is 0 Å². The molecule has 0 aliphatic carbocycles. The highest BCUT2D eigenvalue weighted by molar-refractivity contribution is 6.01. The first-order chi connectivity index (χ1) is 14.3. The van der Waals surface area contributed by atoms with Crippen molar-refractivity contribution >= 4 is 11.9 Å². The van der Waals surface area contributed by atoms with E-state index in [0.717, 1.165) is 31.8 Å². The molecule has 162 valence electrons. The summed E-state index contributed by atoms with van der Waals surface area (Å²) in [6, 6.07) is 3.49. The number of carbonyl (C=O) groups is 2. The lowest BCUT2D eigenvalue weighted by Gasteiger charge is -2.31. The summed E-state index contributed by atoms with van der Waals surface area (Å²) in [6.07, 6.45) is -0.866. The zero-order valence-corrected chi connectivity index (χ0v) is 16.8. The number of piperidine rings is 1. The van der Waals surface area contributed by atoms with Crippen LogP contribution in [0.15, 0.2) is 35.5 Å². The lowest BCUT2D eigenvalue weighted by molar-refractivity contribution is -0.137. The third-order valence-corrected chi connectivity index (χ3v) is 6.14. The summed E-state index contributed by atoms with van der Waals surface area (Å²) >= 11 is 0. The number of carbonyl (C=O) groups excluding carboxylic acids is 2. The molecule has 0 aromatic heterocycles. The Balaban J connectivity index is 1.54. The molecule has 1 aromatic rings. The molecule has 0 spiro atoms. The zero-order valence-electron chi connectivity index (χ0n) is 16.8. The van der Waals surface area contributed by atoms with Crippen molar-refractivity contribution in [2.45, 2.75) is 31.5 Å². The molecule has 0 saturated carbocycles. The average Bonchev–Trinajstić information content (AvgIpc) is 3.06. The second kappa shape index (κ2) is 7.94. The molecule has 30 heavy (non-hydrogen) atoms. The van der Waals surface area contributed by atoms with Gasteiger partial charge in [-0.25, -0.2) is 4.79 Å². The Bertz CT molecular complexity index is 860. The van der Waals surface area contributed by atoms with Crippen LogP contribution in [0.4, 0.5) is 18.0 Å². The van der Waals surface area contributed by atoms with Crippen LogP contribution in [0.1, 0.15) is 36.4 Å². The van der Waals surface area contributed by atoms with Crippen LogP contribution in [0.3, 0.4) is 0 Å². The molecule has 3 aliphatic rings. The number of nitrogens with zero attached hydrogens (tertiary/aromatic N) is 3. The molecule has 1 saturated heterocycles. The number of urea groups is 1. The molecule has 1 aromatic carbocycles. The molecule has 3 amide bonds. The highest BCUT2D eigenvalue weighted by atomic mass is 19.4. The van der Waals surface area contributed by atoms with E-state index in [2.05, 4.69) is 10.2 Å². The molecule has 0 radical (unpaired) electrons. The highest BCUT2D eigenvalue weighted by Crippen LogP contribution is 2.37. The van der Waals surface area contributed by atoms with Gasteiger partial charge in [0.1, 0.15) is 0 Å². The van der Waals surface area contributed by atoms with Crippen molar-refractivity contribution in [1.82, 2.24) is 20.0 Å². The van der Waals surface area contributed by atoms with E-state index in [4.69, 9.17) is 0 Å². The SMILES string of the molecule is CN1C(=O)NC(c2ccc(C(F)(F)F)cc2)C2=C1CN(CCN1CCCCC1)C2=O.